The van der Waals surface area contributed by atoms with Crippen LogP contribution in [0.15, 0.2) is 18.3 Å². The van der Waals surface area contributed by atoms with E-state index in [0.717, 1.165) is 4.90 Å². The van der Waals surface area contributed by atoms with Gasteiger partial charge >= 0.3 is 0 Å². The Hall–Kier alpha value is -1.95. The van der Waals surface area contributed by atoms with E-state index >= 15 is 0 Å². The highest BCUT2D eigenvalue weighted by Crippen LogP contribution is 2.09. The van der Waals surface area contributed by atoms with Crippen LogP contribution in [-0.2, 0) is 20.9 Å². The minimum absolute atomic E-state index is 0.0615. The number of ether oxygens (including phenoxy) is 1. The maximum atomic E-state index is 11.4. The van der Waals surface area contributed by atoms with Crippen molar-refractivity contribution in [3.63, 3.8) is 0 Å². The zero-order valence-electron chi connectivity index (χ0n) is 8.55. The van der Waals surface area contributed by atoms with Crippen LogP contribution in [0.3, 0.4) is 0 Å². The summed E-state index contributed by atoms with van der Waals surface area (Å²) in [5, 5.41) is 0. The predicted octanol–water partition coefficient (Wildman–Crippen LogP) is -0.451. The quantitative estimate of drug-likeness (QED) is 0.683. The average Bonchev–Trinajstić information content (AvgIpc) is 2.24. The normalized spacial score (nSPS) is 16.6. The fourth-order valence-electron chi connectivity index (χ4n) is 1.44. The SMILES string of the molecule is Nc1ccnc(CN2C(=O)COCC2=O)c1. The lowest BCUT2D eigenvalue weighted by Crippen LogP contribution is -2.45. The van der Waals surface area contributed by atoms with Crippen molar-refractivity contribution in [3.8, 4) is 0 Å². The first-order chi connectivity index (χ1) is 7.66. The molecule has 6 nitrogen and oxygen atoms in total. The van der Waals surface area contributed by atoms with E-state index in [-0.39, 0.29) is 31.6 Å². The van der Waals surface area contributed by atoms with E-state index in [1.807, 2.05) is 0 Å². The van der Waals surface area contributed by atoms with Gasteiger partial charge in [-0.3, -0.25) is 19.5 Å². The summed E-state index contributed by atoms with van der Waals surface area (Å²) >= 11 is 0. The first-order valence-electron chi connectivity index (χ1n) is 4.78. The Labute approximate surface area is 92.0 Å². The van der Waals surface area contributed by atoms with Gasteiger partial charge in [0.05, 0.1) is 12.2 Å². The molecule has 2 heterocycles. The third-order valence-corrected chi connectivity index (χ3v) is 2.21. The second-order valence-electron chi connectivity index (χ2n) is 3.45. The predicted molar refractivity (Wildman–Crippen MR) is 55.0 cm³/mol. The van der Waals surface area contributed by atoms with Crippen LogP contribution in [0.5, 0.6) is 0 Å². The molecule has 0 aromatic carbocycles. The Bertz CT molecular complexity index is 417. The van der Waals surface area contributed by atoms with Gasteiger partial charge in [0.15, 0.2) is 0 Å². The number of nitrogen functional groups attached to an aromatic ring is 1. The number of morpholine rings is 1. The lowest BCUT2D eigenvalue weighted by atomic mass is 10.3. The highest BCUT2D eigenvalue weighted by Gasteiger charge is 2.26. The van der Waals surface area contributed by atoms with E-state index in [4.69, 9.17) is 10.5 Å². The van der Waals surface area contributed by atoms with E-state index in [1.165, 1.54) is 0 Å². The van der Waals surface area contributed by atoms with Gasteiger partial charge in [0, 0.05) is 11.9 Å². The summed E-state index contributed by atoms with van der Waals surface area (Å²) in [6.45, 7) is 0.0220. The number of nitrogens with zero attached hydrogens (tertiary/aromatic N) is 2. The third kappa shape index (κ3) is 2.17. The van der Waals surface area contributed by atoms with Gasteiger partial charge in [-0.2, -0.15) is 0 Å². The van der Waals surface area contributed by atoms with E-state index in [1.54, 1.807) is 18.3 Å². The van der Waals surface area contributed by atoms with Gasteiger partial charge in [-0.15, -0.1) is 0 Å². The number of rotatable bonds is 2. The topological polar surface area (TPSA) is 85.5 Å². The molecular formula is C10H11N3O3. The molecule has 0 unspecified atom stereocenters. The number of carbonyl (C=O) groups excluding carboxylic acids is 2. The van der Waals surface area contributed by atoms with Crippen molar-refractivity contribution in [1.82, 2.24) is 9.88 Å². The Morgan fingerprint density at radius 2 is 2.06 bits per heavy atom. The van der Waals surface area contributed by atoms with Crippen LogP contribution in [0.4, 0.5) is 5.69 Å². The molecule has 1 saturated heterocycles. The summed E-state index contributed by atoms with van der Waals surface area (Å²) in [6, 6.07) is 3.28. The molecule has 1 aliphatic heterocycles. The fraction of sp³-hybridized carbons (Fsp3) is 0.300. The van der Waals surface area contributed by atoms with Gasteiger partial charge in [-0.1, -0.05) is 0 Å². The van der Waals surface area contributed by atoms with Crippen molar-refractivity contribution in [1.29, 1.82) is 0 Å². The largest absolute Gasteiger partial charge is 0.399 e. The first-order valence-corrected chi connectivity index (χ1v) is 4.78. The second-order valence-corrected chi connectivity index (χ2v) is 3.45. The number of hydrogen-bond acceptors (Lipinski definition) is 5. The smallest absolute Gasteiger partial charge is 0.255 e. The molecular weight excluding hydrogens is 210 g/mol. The fourth-order valence-corrected chi connectivity index (χ4v) is 1.44. The molecule has 0 spiro atoms. The van der Waals surface area contributed by atoms with Crippen molar-refractivity contribution in [2.45, 2.75) is 6.54 Å². The summed E-state index contributed by atoms with van der Waals surface area (Å²) in [7, 11) is 0. The van der Waals surface area contributed by atoms with Crippen molar-refractivity contribution in [2.24, 2.45) is 0 Å². The maximum Gasteiger partial charge on any atom is 0.255 e. The lowest BCUT2D eigenvalue weighted by molar-refractivity contribution is -0.159. The van der Waals surface area contributed by atoms with Crippen LogP contribution in [0.25, 0.3) is 0 Å². The molecule has 0 atom stereocenters. The molecule has 1 aliphatic rings. The molecule has 84 valence electrons. The third-order valence-electron chi connectivity index (χ3n) is 2.21. The molecule has 0 bridgehead atoms. The van der Waals surface area contributed by atoms with Crippen molar-refractivity contribution >= 4 is 17.5 Å². The first kappa shape index (κ1) is 10.6. The summed E-state index contributed by atoms with van der Waals surface area (Å²) < 4.78 is 4.80. The van der Waals surface area contributed by atoms with E-state index in [0.29, 0.717) is 11.4 Å². The Balaban J connectivity index is 2.13. The standard InChI is InChI=1S/C10H11N3O3/c11-7-1-2-12-8(3-7)4-13-9(14)5-16-6-10(13)15/h1-3H,4-6H2,(H2,11,12). The zero-order valence-corrected chi connectivity index (χ0v) is 8.55. The minimum Gasteiger partial charge on any atom is -0.399 e. The molecule has 2 amide bonds. The number of imide groups is 1. The molecule has 2 N–H and O–H groups in total. The van der Waals surface area contributed by atoms with Crippen LogP contribution >= 0.6 is 0 Å². The monoisotopic (exact) mass is 221 g/mol. The van der Waals surface area contributed by atoms with Gasteiger partial charge in [-0.05, 0) is 12.1 Å². The molecule has 1 aromatic heterocycles. The second kappa shape index (κ2) is 4.28. The van der Waals surface area contributed by atoms with Gasteiger partial charge in [0.2, 0.25) is 0 Å². The highest BCUT2D eigenvalue weighted by atomic mass is 16.5. The maximum absolute atomic E-state index is 11.4. The number of nitrogens with two attached hydrogens (primary N) is 1. The molecule has 1 fully saturated rings. The molecule has 2 rings (SSSR count). The number of carbonyl (C=O) groups is 2. The molecule has 16 heavy (non-hydrogen) atoms. The molecule has 1 aromatic rings. The van der Waals surface area contributed by atoms with Crippen LogP contribution < -0.4 is 5.73 Å². The van der Waals surface area contributed by atoms with Gasteiger partial charge in [0.25, 0.3) is 11.8 Å². The number of anilines is 1. The number of amides is 2. The summed E-state index contributed by atoms with van der Waals surface area (Å²) in [6.07, 6.45) is 1.54. The zero-order chi connectivity index (χ0) is 11.5. The van der Waals surface area contributed by atoms with E-state index < -0.39 is 0 Å². The van der Waals surface area contributed by atoms with Crippen molar-refractivity contribution in [3.05, 3.63) is 24.0 Å². The Morgan fingerprint density at radius 3 is 2.69 bits per heavy atom. The number of pyridine rings is 1. The van der Waals surface area contributed by atoms with Crippen molar-refractivity contribution in [2.75, 3.05) is 18.9 Å². The molecule has 0 saturated carbocycles. The molecule has 0 radical (unpaired) electrons. The van der Waals surface area contributed by atoms with Crippen LogP contribution in [0, 0.1) is 0 Å². The van der Waals surface area contributed by atoms with Crippen LogP contribution in [0.2, 0.25) is 0 Å². The number of hydrogen-bond donors (Lipinski definition) is 1. The lowest BCUT2D eigenvalue weighted by Gasteiger charge is -2.24. The minimum atomic E-state index is -0.347. The van der Waals surface area contributed by atoms with Crippen LogP contribution in [0.1, 0.15) is 5.69 Å². The van der Waals surface area contributed by atoms with Crippen molar-refractivity contribution < 1.29 is 14.3 Å². The molecule has 0 aliphatic carbocycles. The summed E-state index contributed by atoms with van der Waals surface area (Å²) in [5.41, 5.74) is 6.72. The summed E-state index contributed by atoms with van der Waals surface area (Å²) in [5.74, 6) is -0.694. The summed E-state index contributed by atoms with van der Waals surface area (Å²) in [4.78, 5) is 28.0. The van der Waals surface area contributed by atoms with Gasteiger partial charge < -0.3 is 10.5 Å². The van der Waals surface area contributed by atoms with Gasteiger partial charge in [-0.25, -0.2) is 0 Å². The average molecular weight is 221 g/mol. The number of aromatic nitrogens is 1. The van der Waals surface area contributed by atoms with E-state index in [2.05, 4.69) is 4.98 Å². The van der Waals surface area contributed by atoms with E-state index in [9.17, 15) is 9.59 Å². The Morgan fingerprint density at radius 1 is 1.38 bits per heavy atom. The Kier molecular flexibility index (Phi) is 2.82. The highest BCUT2D eigenvalue weighted by molar-refractivity contribution is 5.98. The molecule has 6 heteroatoms. The van der Waals surface area contributed by atoms with Crippen LogP contribution in [-0.4, -0.2) is 34.9 Å². The van der Waals surface area contributed by atoms with Gasteiger partial charge in [0.1, 0.15) is 13.2 Å².